The summed E-state index contributed by atoms with van der Waals surface area (Å²) in [5.41, 5.74) is 1.10. The van der Waals surface area contributed by atoms with Crippen LogP contribution < -0.4 is 15.5 Å². The summed E-state index contributed by atoms with van der Waals surface area (Å²) in [6.07, 6.45) is 3.47. The molecule has 1 aromatic carbocycles. The Balaban J connectivity index is 1.27. The first-order valence-electron chi connectivity index (χ1n) is 11.7. The molecule has 0 aliphatic carbocycles. The number of guanidine groups is 1. The van der Waals surface area contributed by atoms with Gasteiger partial charge >= 0.3 is 0 Å². The number of hydrogen-bond donors (Lipinski definition) is 2. The minimum absolute atomic E-state index is 0.183. The first-order valence-corrected chi connectivity index (χ1v) is 11.7. The number of benzene rings is 1. The number of nitrogens with one attached hydrogen (secondary N) is 2. The average Bonchev–Trinajstić information content (AvgIpc) is 3.31. The Bertz CT molecular complexity index is 644. The molecule has 2 heterocycles. The Morgan fingerprint density at radius 1 is 1.19 bits per heavy atom. The van der Waals surface area contributed by atoms with Gasteiger partial charge < -0.3 is 25.0 Å². The second kappa shape index (κ2) is 13.5. The summed E-state index contributed by atoms with van der Waals surface area (Å²) < 4.78 is 24.4. The predicted octanol–water partition coefficient (Wildman–Crippen LogP) is 2.09. The fourth-order valence-corrected chi connectivity index (χ4v) is 3.90. The quantitative estimate of drug-likeness (QED) is 0.315. The molecule has 2 aliphatic rings. The maximum atomic E-state index is 13.1. The molecule has 1 unspecified atom stereocenters. The smallest absolute Gasteiger partial charge is 0.191 e. The van der Waals surface area contributed by atoms with Gasteiger partial charge in [-0.25, -0.2) is 4.39 Å². The summed E-state index contributed by atoms with van der Waals surface area (Å²) >= 11 is 0. The van der Waals surface area contributed by atoms with Crippen LogP contribution in [-0.2, 0) is 9.47 Å². The van der Waals surface area contributed by atoms with Crippen LogP contribution in [0.3, 0.4) is 0 Å². The molecule has 2 N–H and O–H groups in total. The molecule has 3 rings (SSSR count). The molecule has 31 heavy (non-hydrogen) atoms. The molecule has 2 saturated heterocycles. The van der Waals surface area contributed by atoms with E-state index >= 15 is 0 Å². The van der Waals surface area contributed by atoms with Crippen molar-refractivity contribution in [2.75, 3.05) is 77.1 Å². The van der Waals surface area contributed by atoms with Crippen molar-refractivity contribution in [3.8, 4) is 0 Å². The number of rotatable bonds is 11. The third-order valence-electron chi connectivity index (χ3n) is 5.67. The van der Waals surface area contributed by atoms with Gasteiger partial charge in [0.05, 0.1) is 12.7 Å². The summed E-state index contributed by atoms with van der Waals surface area (Å²) in [7, 11) is 0. The van der Waals surface area contributed by atoms with Crippen LogP contribution in [0.5, 0.6) is 0 Å². The van der Waals surface area contributed by atoms with Gasteiger partial charge in [0.1, 0.15) is 5.82 Å². The van der Waals surface area contributed by atoms with Gasteiger partial charge in [0, 0.05) is 71.3 Å². The Kier molecular flexibility index (Phi) is 10.3. The van der Waals surface area contributed by atoms with E-state index in [1.807, 2.05) is 12.1 Å². The minimum atomic E-state index is -0.183. The second-order valence-electron chi connectivity index (χ2n) is 8.06. The van der Waals surface area contributed by atoms with E-state index in [1.54, 1.807) is 0 Å². The van der Waals surface area contributed by atoms with Gasteiger partial charge in [0.15, 0.2) is 5.96 Å². The summed E-state index contributed by atoms with van der Waals surface area (Å²) in [6.45, 7) is 11.8. The maximum absolute atomic E-state index is 13.1. The van der Waals surface area contributed by atoms with Crippen LogP contribution in [0.25, 0.3) is 0 Å². The highest BCUT2D eigenvalue weighted by Gasteiger charge is 2.17. The number of aliphatic imine (C=N–C) groups is 1. The third kappa shape index (κ3) is 8.63. The van der Waals surface area contributed by atoms with Crippen LogP contribution in [0.1, 0.15) is 26.2 Å². The lowest BCUT2D eigenvalue weighted by atomic mass is 10.2. The van der Waals surface area contributed by atoms with Gasteiger partial charge in [-0.1, -0.05) is 0 Å². The van der Waals surface area contributed by atoms with Crippen molar-refractivity contribution in [2.24, 2.45) is 4.99 Å². The van der Waals surface area contributed by atoms with E-state index in [1.165, 1.54) is 12.1 Å². The molecule has 8 heteroatoms. The van der Waals surface area contributed by atoms with E-state index in [0.29, 0.717) is 12.7 Å². The van der Waals surface area contributed by atoms with Gasteiger partial charge in [-0.05, 0) is 50.5 Å². The number of ether oxygens (including phenoxy) is 2. The minimum Gasteiger partial charge on any atom is -0.379 e. The molecule has 2 aliphatic heterocycles. The topological polar surface area (TPSA) is 61.4 Å². The normalized spacial score (nSPS) is 20.3. The van der Waals surface area contributed by atoms with Gasteiger partial charge in [0.25, 0.3) is 0 Å². The maximum Gasteiger partial charge on any atom is 0.191 e. The highest BCUT2D eigenvalue weighted by atomic mass is 19.1. The SMILES string of the molecule is CCNC(=NCCCOCC1CCCO1)NCCN1CCN(c2ccc(F)cc2)CC1. The fraction of sp³-hybridized carbons (Fsp3) is 0.696. The van der Waals surface area contributed by atoms with E-state index in [4.69, 9.17) is 9.47 Å². The summed E-state index contributed by atoms with van der Waals surface area (Å²) in [5, 5.41) is 6.74. The molecule has 0 bridgehead atoms. The van der Waals surface area contributed by atoms with E-state index in [-0.39, 0.29) is 5.82 Å². The number of hydrogen-bond acceptors (Lipinski definition) is 5. The molecule has 0 aromatic heterocycles. The van der Waals surface area contributed by atoms with Crippen LogP contribution in [0.4, 0.5) is 10.1 Å². The number of piperazine rings is 1. The van der Waals surface area contributed by atoms with Crippen molar-refractivity contribution in [1.29, 1.82) is 0 Å². The highest BCUT2D eigenvalue weighted by Crippen LogP contribution is 2.16. The highest BCUT2D eigenvalue weighted by molar-refractivity contribution is 5.79. The van der Waals surface area contributed by atoms with E-state index < -0.39 is 0 Å². The van der Waals surface area contributed by atoms with E-state index in [9.17, 15) is 4.39 Å². The van der Waals surface area contributed by atoms with Gasteiger partial charge in [0.2, 0.25) is 0 Å². The molecule has 0 spiro atoms. The average molecular weight is 436 g/mol. The van der Waals surface area contributed by atoms with Gasteiger partial charge in [-0.15, -0.1) is 0 Å². The molecule has 7 nitrogen and oxygen atoms in total. The zero-order valence-electron chi connectivity index (χ0n) is 18.8. The van der Waals surface area contributed by atoms with Crippen LogP contribution in [0.2, 0.25) is 0 Å². The Morgan fingerprint density at radius 3 is 2.71 bits per heavy atom. The zero-order chi connectivity index (χ0) is 21.7. The number of nitrogens with zero attached hydrogens (tertiary/aromatic N) is 3. The molecular formula is C23H38FN5O2. The van der Waals surface area contributed by atoms with Crippen molar-refractivity contribution in [2.45, 2.75) is 32.3 Å². The third-order valence-corrected chi connectivity index (χ3v) is 5.67. The molecular weight excluding hydrogens is 397 g/mol. The van der Waals surface area contributed by atoms with Crippen molar-refractivity contribution in [1.82, 2.24) is 15.5 Å². The molecule has 2 fully saturated rings. The lowest BCUT2D eigenvalue weighted by molar-refractivity contribution is 0.0171. The standard InChI is InChI=1S/C23H38FN5O2/c1-2-25-23(26-10-4-17-30-19-22-5-3-18-31-22)27-11-12-28-13-15-29(16-14-28)21-8-6-20(24)7-9-21/h6-9,22H,2-5,10-19H2,1H3,(H2,25,26,27). The lowest BCUT2D eigenvalue weighted by Crippen LogP contribution is -2.49. The Hall–Kier alpha value is -1.90. The zero-order valence-corrected chi connectivity index (χ0v) is 18.8. The Morgan fingerprint density at radius 2 is 2.00 bits per heavy atom. The molecule has 0 saturated carbocycles. The van der Waals surface area contributed by atoms with Crippen LogP contribution >= 0.6 is 0 Å². The van der Waals surface area contributed by atoms with Crippen molar-refractivity contribution in [3.05, 3.63) is 30.1 Å². The molecule has 0 amide bonds. The summed E-state index contributed by atoms with van der Waals surface area (Å²) in [4.78, 5) is 9.42. The molecule has 0 radical (unpaired) electrons. The first-order chi connectivity index (χ1) is 15.2. The van der Waals surface area contributed by atoms with E-state index in [0.717, 1.165) is 96.5 Å². The largest absolute Gasteiger partial charge is 0.379 e. The van der Waals surface area contributed by atoms with Gasteiger partial charge in [-0.2, -0.15) is 0 Å². The number of halogens is 1. The van der Waals surface area contributed by atoms with Crippen LogP contribution in [-0.4, -0.2) is 89.1 Å². The predicted molar refractivity (Wildman–Crippen MR) is 123 cm³/mol. The van der Waals surface area contributed by atoms with Crippen molar-refractivity contribution >= 4 is 11.6 Å². The Labute approximate surface area is 186 Å². The van der Waals surface area contributed by atoms with Crippen molar-refractivity contribution < 1.29 is 13.9 Å². The summed E-state index contributed by atoms with van der Waals surface area (Å²) in [6, 6.07) is 6.78. The molecule has 174 valence electrons. The van der Waals surface area contributed by atoms with Crippen molar-refractivity contribution in [3.63, 3.8) is 0 Å². The molecule has 1 atom stereocenters. The lowest BCUT2D eigenvalue weighted by Gasteiger charge is -2.36. The number of anilines is 1. The van der Waals surface area contributed by atoms with Crippen LogP contribution in [0.15, 0.2) is 29.3 Å². The molecule has 1 aromatic rings. The monoisotopic (exact) mass is 435 g/mol. The fourth-order valence-electron chi connectivity index (χ4n) is 3.90. The second-order valence-corrected chi connectivity index (χ2v) is 8.06. The summed E-state index contributed by atoms with van der Waals surface area (Å²) in [5.74, 6) is 0.685. The van der Waals surface area contributed by atoms with Gasteiger partial charge in [-0.3, -0.25) is 9.89 Å². The van der Waals surface area contributed by atoms with Crippen LogP contribution in [0, 0.1) is 5.82 Å². The first kappa shape index (κ1) is 23.8. The van der Waals surface area contributed by atoms with E-state index in [2.05, 4.69) is 32.3 Å².